The third-order valence-electron chi connectivity index (χ3n) is 1.87. The number of aliphatic hydroxyl groups is 1. The van der Waals surface area contributed by atoms with E-state index in [4.69, 9.17) is 10.5 Å². The second-order valence-electron chi connectivity index (χ2n) is 3.02. The average Bonchev–Trinajstić information content (AvgIpc) is 2.18. The number of nitrogens with one attached hydrogen (secondary N) is 1. The van der Waals surface area contributed by atoms with Crippen LogP contribution in [0.4, 0.5) is 0 Å². The van der Waals surface area contributed by atoms with Crippen LogP contribution in [0, 0.1) is 5.41 Å². The average molecular weight is 205 g/mol. The zero-order valence-corrected chi connectivity index (χ0v) is 8.19. The van der Waals surface area contributed by atoms with Crippen LogP contribution in [-0.2, 0) is 4.79 Å². The lowest BCUT2D eigenvalue weighted by Gasteiger charge is -2.05. The lowest BCUT2D eigenvalue weighted by molar-refractivity contribution is -0.132. The summed E-state index contributed by atoms with van der Waals surface area (Å²) in [5.74, 6) is -1.68. The maximum atomic E-state index is 10.8. The summed E-state index contributed by atoms with van der Waals surface area (Å²) in [6, 6.07) is 8.30. The van der Waals surface area contributed by atoms with Gasteiger partial charge in [0.2, 0.25) is 0 Å². The van der Waals surface area contributed by atoms with Gasteiger partial charge in [-0.25, -0.2) is 4.79 Å². The zero-order valence-electron chi connectivity index (χ0n) is 8.19. The number of carboxylic acids is 1. The van der Waals surface area contributed by atoms with Crippen molar-refractivity contribution in [2.75, 3.05) is 0 Å². The van der Waals surface area contributed by atoms with Gasteiger partial charge in [-0.05, 0) is 6.92 Å². The Morgan fingerprint density at radius 2 is 1.73 bits per heavy atom. The summed E-state index contributed by atoms with van der Waals surface area (Å²) in [5.41, 5.74) is -0.161. The van der Waals surface area contributed by atoms with Crippen LogP contribution in [0.5, 0.6) is 0 Å². The molecule has 4 nitrogen and oxygen atoms in total. The minimum atomic E-state index is -1.30. The molecule has 0 atom stereocenters. The molecule has 1 aromatic rings. The summed E-state index contributed by atoms with van der Waals surface area (Å²) < 4.78 is 0. The molecule has 0 heterocycles. The van der Waals surface area contributed by atoms with Crippen molar-refractivity contribution in [1.82, 2.24) is 0 Å². The minimum Gasteiger partial charge on any atom is -0.506 e. The normalized spacial score (nSPS) is 11.8. The molecule has 0 radical (unpaired) electrons. The number of rotatable bonds is 3. The molecule has 0 bridgehead atoms. The summed E-state index contributed by atoms with van der Waals surface area (Å²) in [5, 5.41) is 25.8. The molecule has 0 fully saturated rings. The van der Waals surface area contributed by atoms with E-state index < -0.39 is 5.97 Å². The van der Waals surface area contributed by atoms with Crippen molar-refractivity contribution in [2.45, 2.75) is 6.92 Å². The maximum absolute atomic E-state index is 10.8. The van der Waals surface area contributed by atoms with Gasteiger partial charge in [0.05, 0.1) is 0 Å². The van der Waals surface area contributed by atoms with Crippen molar-refractivity contribution in [1.29, 1.82) is 5.41 Å². The van der Waals surface area contributed by atoms with Crippen molar-refractivity contribution in [3.8, 4) is 0 Å². The number of carbonyl (C=O) groups is 1. The number of hydrogen-bond donors (Lipinski definition) is 3. The number of carboxylic acid groups (broad SMARTS) is 1. The standard InChI is InChI=1S/C11H11NO3/c1-7(12)9(11(14)15)10(13)8-5-3-2-4-6-8/h2-6,12-13H,1H3,(H,14,15). The topological polar surface area (TPSA) is 81.4 Å². The van der Waals surface area contributed by atoms with E-state index in [9.17, 15) is 9.90 Å². The Kier molecular flexibility index (Phi) is 3.23. The van der Waals surface area contributed by atoms with Gasteiger partial charge >= 0.3 is 5.97 Å². The van der Waals surface area contributed by atoms with Crippen LogP contribution in [0.25, 0.3) is 5.76 Å². The summed E-state index contributed by atoms with van der Waals surface area (Å²) in [6.45, 7) is 1.32. The van der Waals surface area contributed by atoms with Crippen LogP contribution in [0.1, 0.15) is 12.5 Å². The van der Waals surface area contributed by atoms with Gasteiger partial charge in [-0.3, -0.25) is 0 Å². The first-order valence-electron chi connectivity index (χ1n) is 4.31. The highest BCUT2D eigenvalue weighted by Crippen LogP contribution is 2.16. The van der Waals surface area contributed by atoms with E-state index in [1.807, 2.05) is 0 Å². The van der Waals surface area contributed by atoms with E-state index in [-0.39, 0.29) is 17.0 Å². The molecule has 15 heavy (non-hydrogen) atoms. The minimum absolute atomic E-state index is 0.177. The third kappa shape index (κ3) is 2.43. The fraction of sp³-hybridized carbons (Fsp3) is 0.0909. The number of hydrogen-bond acceptors (Lipinski definition) is 3. The fourth-order valence-electron chi connectivity index (χ4n) is 1.18. The Morgan fingerprint density at radius 3 is 2.13 bits per heavy atom. The Labute approximate surface area is 87.0 Å². The van der Waals surface area contributed by atoms with Gasteiger partial charge in [0.15, 0.2) is 0 Å². The highest BCUT2D eigenvalue weighted by molar-refractivity contribution is 6.21. The Balaban J connectivity index is 3.29. The van der Waals surface area contributed by atoms with E-state index in [0.717, 1.165) is 0 Å². The molecule has 0 aromatic heterocycles. The summed E-state index contributed by atoms with van der Waals surface area (Å²) in [6.07, 6.45) is 0. The Bertz CT molecular complexity index is 405. The SMILES string of the molecule is CC(=N)C(C(=O)O)=C(O)c1ccccc1. The molecule has 0 saturated carbocycles. The van der Waals surface area contributed by atoms with E-state index in [1.54, 1.807) is 30.3 Å². The predicted octanol–water partition coefficient (Wildman–Crippen LogP) is 2.08. The smallest absolute Gasteiger partial charge is 0.341 e. The molecule has 0 saturated heterocycles. The first kappa shape index (κ1) is 11.0. The van der Waals surface area contributed by atoms with Gasteiger partial charge in [-0.1, -0.05) is 30.3 Å². The largest absolute Gasteiger partial charge is 0.506 e. The van der Waals surface area contributed by atoms with Crippen LogP contribution >= 0.6 is 0 Å². The maximum Gasteiger partial charge on any atom is 0.341 e. The lowest BCUT2D eigenvalue weighted by atomic mass is 10.1. The van der Waals surface area contributed by atoms with Crippen LogP contribution in [-0.4, -0.2) is 21.9 Å². The van der Waals surface area contributed by atoms with Crippen molar-refractivity contribution in [2.24, 2.45) is 0 Å². The van der Waals surface area contributed by atoms with Gasteiger partial charge in [0.1, 0.15) is 11.3 Å². The van der Waals surface area contributed by atoms with Crippen LogP contribution < -0.4 is 0 Å². The number of aliphatic carboxylic acids is 1. The van der Waals surface area contributed by atoms with Crippen molar-refractivity contribution in [3.63, 3.8) is 0 Å². The molecule has 0 unspecified atom stereocenters. The molecule has 0 aliphatic rings. The highest BCUT2D eigenvalue weighted by Gasteiger charge is 2.17. The van der Waals surface area contributed by atoms with Gasteiger partial charge < -0.3 is 15.6 Å². The monoisotopic (exact) mass is 205 g/mol. The quantitative estimate of drug-likeness (QED) is 0.401. The lowest BCUT2D eigenvalue weighted by Crippen LogP contribution is -2.11. The van der Waals surface area contributed by atoms with Gasteiger partial charge in [-0.15, -0.1) is 0 Å². The second kappa shape index (κ2) is 4.41. The van der Waals surface area contributed by atoms with Gasteiger partial charge in [-0.2, -0.15) is 0 Å². The predicted molar refractivity (Wildman–Crippen MR) is 57.0 cm³/mol. The van der Waals surface area contributed by atoms with E-state index in [2.05, 4.69) is 0 Å². The molecule has 1 rings (SSSR count). The second-order valence-corrected chi connectivity index (χ2v) is 3.02. The molecular formula is C11H11NO3. The molecule has 0 aliphatic carbocycles. The van der Waals surface area contributed by atoms with Crippen LogP contribution in [0.3, 0.4) is 0 Å². The highest BCUT2D eigenvalue weighted by atomic mass is 16.4. The summed E-state index contributed by atoms with van der Waals surface area (Å²) >= 11 is 0. The molecule has 0 aliphatic heterocycles. The van der Waals surface area contributed by atoms with E-state index >= 15 is 0 Å². The molecule has 3 N–H and O–H groups in total. The molecule has 1 aromatic carbocycles. The number of benzene rings is 1. The van der Waals surface area contributed by atoms with E-state index in [0.29, 0.717) is 5.56 Å². The summed E-state index contributed by atoms with van der Waals surface area (Å²) in [4.78, 5) is 10.8. The van der Waals surface area contributed by atoms with Crippen molar-refractivity contribution >= 4 is 17.4 Å². The van der Waals surface area contributed by atoms with Gasteiger partial charge in [0.25, 0.3) is 0 Å². The molecular weight excluding hydrogens is 194 g/mol. The first-order valence-corrected chi connectivity index (χ1v) is 4.31. The van der Waals surface area contributed by atoms with Gasteiger partial charge in [0, 0.05) is 11.3 Å². The fourth-order valence-corrected chi connectivity index (χ4v) is 1.18. The number of aliphatic hydroxyl groups excluding tert-OH is 1. The molecule has 0 amide bonds. The zero-order chi connectivity index (χ0) is 11.4. The summed E-state index contributed by atoms with van der Waals surface area (Å²) in [7, 11) is 0. The van der Waals surface area contributed by atoms with Crippen LogP contribution in [0.2, 0.25) is 0 Å². The van der Waals surface area contributed by atoms with Crippen molar-refractivity contribution in [3.05, 3.63) is 41.5 Å². The van der Waals surface area contributed by atoms with Crippen LogP contribution in [0.15, 0.2) is 35.9 Å². The first-order chi connectivity index (χ1) is 7.04. The Hall–Kier alpha value is -2.10. The molecule has 0 spiro atoms. The van der Waals surface area contributed by atoms with E-state index in [1.165, 1.54) is 6.92 Å². The third-order valence-corrected chi connectivity index (χ3v) is 1.87. The molecule has 4 heteroatoms. The van der Waals surface area contributed by atoms with Crippen molar-refractivity contribution < 1.29 is 15.0 Å². The molecule has 78 valence electrons. The Morgan fingerprint density at radius 1 is 1.20 bits per heavy atom.